The molecule has 0 fully saturated rings. The first kappa shape index (κ1) is 11.8. The Bertz CT molecular complexity index is 566. The number of phenols is 1. The zero-order valence-electron chi connectivity index (χ0n) is 8.50. The average Bonchev–Trinajstić information content (AvgIpc) is 2.70. The third-order valence-corrected chi connectivity index (χ3v) is 2.63. The number of H-pyrrole nitrogens is 1. The molecule has 1 aromatic heterocycles. The smallest absolute Gasteiger partial charge is 0.272 e. The van der Waals surface area contributed by atoms with Crippen LogP contribution < -0.4 is 5.32 Å². The number of benzene rings is 1. The number of carbonyl (C=O) groups excluding carboxylic acids is 1. The summed E-state index contributed by atoms with van der Waals surface area (Å²) in [6, 6.07) is 5.95. The van der Waals surface area contributed by atoms with Crippen molar-refractivity contribution < 1.29 is 9.90 Å². The van der Waals surface area contributed by atoms with E-state index in [1.807, 2.05) is 0 Å². The molecule has 0 aliphatic rings. The highest BCUT2D eigenvalue weighted by atomic mass is 35.5. The number of rotatable bonds is 2. The van der Waals surface area contributed by atoms with Crippen LogP contribution in [0, 0.1) is 0 Å². The van der Waals surface area contributed by atoms with Gasteiger partial charge in [-0.2, -0.15) is 0 Å². The van der Waals surface area contributed by atoms with Crippen LogP contribution in [-0.4, -0.2) is 16.0 Å². The van der Waals surface area contributed by atoms with E-state index in [-0.39, 0.29) is 16.7 Å². The predicted octanol–water partition coefficient (Wildman–Crippen LogP) is 3.28. The van der Waals surface area contributed by atoms with Crippen LogP contribution in [-0.2, 0) is 0 Å². The summed E-state index contributed by atoms with van der Waals surface area (Å²) >= 11 is 11.3. The van der Waals surface area contributed by atoms with Gasteiger partial charge in [-0.25, -0.2) is 0 Å². The van der Waals surface area contributed by atoms with Gasteiger partial charge in [0.05, 0.1) is 10.0 Å². The summed E-state index contributed by atoms with van der Waals surface area (Å²) in [5.74, 6) is -0.437. The summed E-state index contributed by atoms with van der Waals surface area (Å²) in [7, 11) is 0. The molecule has 88 valence electrons. The number of hydrogen-bond donors (Lipinski definition) is 3. The molecule has 0 unspecified atom stereocenters. The molecule has 4 nitrogen and oxygen atoms in total. The zero-order valence-corrected chi connectivity index (χ0v) is 10.0. The molecular formula is C11H8Cl2N2O2. The van der Waals surface area contributed by atoms with Crippen molar-refractivity contribution in [3.63, 3.8) is 0 Å². The molecule has 2 aromatic rings. The number of carbonyl (C=O) groups is 1. The third kappa shape index (κ3) is 2.72. The Morgan fingerprint density at radius 1 is 1.29 bits per heavy atom. The molecule has 0 spiro atoms. The summed E-state index contributed by atoms with van der Waals surface area (Å²) in [5.41, 5.74) is 0.784. The maximum atomic E-state index is 11.7. The summed E-state index contributed by atoms with van der Waals surface area (Å²) in [6.07, 6.45) is 1.51. The Labute approximate surface area is 107 Å². The second-order valence-corrected chi connectivity index (χ2v) is 4.20. The zero-order chi connectivity index (χ0) is 12.4. The average molecular weight is 271 g/mol. The molecule has 1 heterocycles. The van der Waals surface area contributed by atoms with Crippen molar-refractivity contribution in [2.45, 2.75) is 0 Å². The van der Waals surface area contributed by atoms with Gasteiger partial charge in [0.25, 0.3) is 5.91 Å². The Kier molecular flexibility index (Phi) is 3.26. The van der Waals surface area contributed by atoms with Crippen LogP contribution in [0.5, 0.6) is 5.75 Å². The number of aromatic nitrogens is 1. The SMILES string of the molecule is O=C(Nc1ccc(Cl)c(O)c1)c1cc(Cl)c[nH]1. The topological polar surface area (TPSA) is 65.1 Å². The molecule has 0 aliphatic carbocycles. The fraction of sp³-hybridized carbons (Fsp3) is 0. The van der Waals surface area contributed by atoms with Gasteiger partial charge in [0.2, 0.25) is 0 Å². The largest absolute Gasteiger partial charge is 0.506 e. The highest BCUT2D eigenvalue weighted by Crippen LogP contribution is 2.26. The lowest BCUT2D eigenvalue weighted by Crippen LogP contribution is -2.11. The van der Waals surface area contributed by atoms with Crippen LogP contribution in [0.1, 0.15) is 10.5 Å². The summed E-state index contributed by atoms with van der Waals surface area (Å²) < 4.78 is 0. The van der Waals surface area contributed by atoms with E-state index in [1.54, 1.807) is 6.07 Å². The van der Waals surface area contributed by atoms with E-state index in [0.29, 0.717) is 16.4 Å². The van der Waals surface area contributed by atoms with E-state index in [4.69, 9.17) is 23.2 Å². The Balaban J connectivity index is 2.15. The lowest BCUT2D eigenvalue weighted by Gasteiger charge is -2.04. The van der Waals surface area contributed by atoms with Crippen molar-refractivity contribution >= 4 is 34.8 Å². The Morgan fingerprint density at radius 2 is 2.06 bits per heavy atom. The lowest BCUT2D eigenvalue weighted by atomic mass is 10.3. The highest BCUT2D eigenvalue weighted by Gasteiger charge is 2.09. The van der Waals surface area contributed by atoms with Crippen LogP contribution in [0.4, 0.5) is 5.69 Å². The predicted molar refractivity (Wildman–Crippen MR) is 66.9 cm³/mol. The van der Waals surface area contributed by atoms with Crippen molar-refractivity contribution in [3.05, 3.63) is 46.2 Å². The van der Waals surface area contributed by atoms with Crippen LogP contribution >= 0.6 is 23.2 Å². The number of aromatic hydroxyl groups is 1. The third-order valence-electron chi connectivity index (χ3n) is 2.10. The summed E-state index contributed by atoms with van der Waals surface area (Å²) in [4.78, 5) is 14.4. The van der Waals surface area contributed by atoms with Gasteiger partial charge in [0, 0.05) is 18.0 Å². The molecule has 0 radical (unpaired) electrons. The molecule has 0 aliphatic heterocycles. The van der Waals surface area contributed by atoms with Gasteiger partial charge in [-0.1, -0.05) is 23.2 Å². The molecule has 0 saturated heterocycles. The van der Waals surface area contributed by atoms with Crippen LogP contribution in [0.2, 0.25) is 10.0 Å². The van der Waals surface area contributed by atoms with E-state index in [1.165, 1.54) is 24.4 Å². The maximum absolute atomic E-state index is 11.7. The lowest BCUT2D eigenvalue weighted by molar-refractivity contribution is 0.102. The molecule has 0 saturated carbocycles. The van der Waals surface area contributed by atoms with Gasteiger partial charge < -0.3 is 15.4 Å². The molecule has 1 aromatic carbocycles. The van der Waals surface area contributed by atoms with Crippen molar-refractivity contribution in [3.8, 4) is 5.75 Å². The highest BCUT2D eigenvalue weighted by molar-refractivity contribution is 6.32. The first-order valence-electron chi connectivity index (χ1n) is 4.70. The monoisotopic (exact) mass is 270 g/mol. The number of amides is 1. The molecular weight excluding hydrogens is 263 g/mol. The number of halogens is 2. The number of phenolic OH excluding ortho intramolecular Hbond substituents is 1. The van der Waals surface area contributed by atoms with Gasteiger partial charge in [0.15, 0.2) is 0 Å². The summed E-state index contributed by atoms with van der Waals surface area (Å²) in [5, 5.41) is 12.6. The maximum Gasteiger partial charge on any atom is 0.272 e. The van der Waals surface area contributed by atoms with Gasteiger partial charge >= 0.3 is 0 Å². The van der Waals surface area contributed by atoms with Crippen LogP contribution in [0.15, 0.2) is 30.5 Å². The minimum Gasteiger partial charge on any atom is -0.506 e. The normalized spacial score (nSPS) is 10.2. The fourth-order valence-corrected chi connectivity index (χ4v) is 1.57. The number of nitrogens with one attached hydrogen (secondary N) is 2. The fourth-order valence-electron chi connectivity index (χ4n) is 1.29. The first-order valence-corrected chi connectivity index (χ1v) is 5.45. The van der Waals surface area contributed by atoms with Gasteiger partial charge in [-0.05, 0) is 18.2 Å². The van der Waals surface area contributed by atoms with Gasteiger partial charge in [-0.3, -0.25) is 4.79 Å². The van der Waals surface area contributed by atoms with E-state index in [0.717, 1.165) is 0 Å². The minimum atomic E-state index is -0.348. The second-order valence-electron chi connectivity index (χ2n) is 3.35. The van der Waals surface area contributed by atoms with E-state index in [2.05, 4.69) is 10.3 Å². The number of aromatic amines is 1. The van der Waals surface area contributed by atoms with E-state index < -0.39 is 0 Å². The molecule has 6 heteroatoms. The van der Waals surface area contributed by atoms with Crippen molar-refractivity contribution in [1.82, 2.24) is 4.98 Å². The minimum absolute atomic E-state index is 0.0889. The number of anilines is 1. The van der Waals surface area contributed by atoms with Gasteiger partial charge in [0.1, 0.15) is 11.4 Å². The molecule has 1 amide bonds. The van der Waals surface area contributed by atoms with Crippen molar-refractivity contribution in [1.29, 1.82) is 0 Å². The van der Waals surface area contributed by atoms with E-state index >= 15 is 0 Å². The Morgan fingerprint density at radius 3 is 2.65 bits per heavy atom. The molecule has 0 bridgehead atoms. The standard InChI is InChI=1S/C11H8Cl2N2O2/c12-6-3-9(14-5-6)11(17)15-7-1-2-8(13)10(16)4-7/h1-5,14,16H,(H,15,17). The molecule has 2 rings (SSSR count). The molecule has 17 heavy (non-hydrogen) atoms. The first-order chi connectivity index (χ1) is 8.06. The molecule has 3 N–H and O–H groups in total. The Hall–Kier alpha value is -1.65. The number of hydrogen-bond acceptors (Lipinski definition) is 2. The van der Waals surface area contributed by atoms with Crippen LogP contribution in [0.25, 0.3) is 0 Å². The molecule has 0 atom stereocenters. The second kappa shape index (κ2) is 4.69. The van der Waals surface area contributed by atoms with Crippen LogP contribution in [0.3, 0.4) is 0 Å². The van der Waals surface area contributed by atoms with Crippen molar-refractivity contribution in [2.24, 2.45) is 0 Å². The quantitative estimate of drug-likeness (QED) is 0.784. The van der Waals surface area contributed by atoms with Gasteiger partial charge in [-0.15, -0.1) is 0 Å². The van der Waals surface area contributed by atoms with Crippen molar-refractivity contribution in [2.75, 3.05) is 5.32 Å². The van der Waals surface area contributed by atoms with E-state index in [9.17, 15) is 9.90 Å². The summed E-state index contributed by atoms with van der Waals surface area (Å²) in [6.45, 7) is 0.